The molecule has 8 nitrogen and oxygen atoms in total. The number of rotatable bonds is 4. The normalized spacial score (nSPS) is 13.6. The molecule has 0 radical (unpaired) electrons. The molecule has 1 aliphatic rings. The fraction of sp³-hybridized carbons (Fsp3) is 0.333. The summed E-state index contributed by atoms with van der Waals surface area (Å²) in [5.74, 6) is -0.706. The highest BCUT2D eigenvalue weighted by Crippen LogP contribution is 2.32. The zero-order valence-electron chi connectivity index (χ0n) is 19.5. The van der Waals surface area contributed by atoms with Crippen LogP contribution in [-0.2, 0) is 4.74 Å². The number of nitrogens with one attached hydrogen (secondary N) is 1. The third kappa shape index (κ3) is 5.73. The number of hydrogen-bond donors (Lipinski definition) is 2. The molecular weight excluding hydrogens is 442 g/mol. The average Bonchev–Trinajstić information content (AvgIpc) is 2.95. The van der Waals surface area contributed by atoms with Crippen molar-refractivity contribution in [1.82, 2.24) is 4.90 Å². The lowest BCUT2D eigenvalue weighted by Crippen LogP contribution is -2.54. The molecule has 0 bridgehead atoms. The highest BCUT2D eigenvalue weighted by Gasteiger charge is 2.46. The minimum absolute atomic E-state index is 0.109. The molecule has 0 fully saturated rings. The van der Waals surface area contributed by atoms with Gasteiger partial charge in [-0.05, 0) is 65.8 Å². The second kappa shape index (κ2) is 8.90. The van der Waals surface area contributed by atoms with Crippen LogP contribution >= 0.6 is 12.0 Å². The first-order valence-corrected chi connectivity index (χ1v) is 11.1. The van der Waals surface area contributed by atoms with E-state index in [4.69, 9.17) is 14.3 Å². The summed E-state index contributed by atoms with van der Waals surface area (Å²) >= 11 is 1.26. The molecule has 33 heavy (non-hydrogen) atoms. The van der Waals surface area contributed by atoms with Crippen molar-refractivity contribution in [3.8, 4) is 5.75 Å². The summed E-state index contributed by atoms with van der Waals surface area (Å²) in [6.45, 7) is 11.2. The number of imide groups is 1. The van der Waals surface area contributed by atoms with Crippen LogP contribution in [-0.4, -0.2) is 39.0 Å². The number of amides is 3. The number of nitrogens with two attached hydrogens (primary N) is 1. The predicted molar refractivity (Wildman–Crippen MR) is 127 cm³/mol. The van der Waals surface area contributed by atoms with Gasteiger partial charge in [0.25, 0.3) is 5.84 Å². The van der Waals surface area contributed by atoms with Crippen molar-refractivity contribution in [2.24, 2.45) is 0 Å². The van der Waals surface area contributed by atoms with Crippen molar-refractivity contribution in [2.75, 3.05) is 5.32 Å². The number of hydrogen-bond acceptors (Lipinski definition) is 6. The molecule has 0 saturated carbocycles. The van der Waals surface area contributed by atoms with E-state index in [0.717, 1.165) is 4.90 Å². The van der Waals surface area contributed by atoms with Crippen molar-refractivity contribution in [3.63, 3.8) is 0 Å². The number of carbonyl (C=O) groups excluding carboxylic acids is 3. The van der Waals surface area contributed by atoms with Crippen LogP contribution in [0, 0.1) is 0 Å². The molecule has 3 amide bonds. The van der Waals surface area contributed by atoms with Gasteiger partial charge >= 0.3 is 17.9 Å². The van der Waals surface area contributed by atoms with Crippen LogP contribution in [0.4, 0.5) is 10.5 Å². The molecule has 2 aromatic rings. The summed E-state index contributed by atoms with van der Waals surface area (Å²) in [4.78, 5) is 39.2. The Hall–Kier alpha value is -3.33. The molecule has 174 valence electrons. The van der Waals surface area contributed by atoms with E-state index in [-0.39, 0.29) is 33.0 Å². The molecular formula is C24H28N3O5S+. The maximum Gasteiger partial charge on any atom is 0.412 e. The third-order valence-electron chi connectivity index (χ3n) is 4.33. The molecule has 1 aliphatic heterocycles. The van der Waals surface area contributed by atoms with Crippen LogP contribution in [0.2, 0.25) is 0 Å². The van der Waals surface area contributed by atoms with E-state index in [1.807, 2.05) is 20.8 Å². The zero-order chi connectivity index (χ0) is 24.6. The van der Waals surface area contributed by atoms with Crippen molar-refractivity contribution in [1.29, 1.82) is 0 Å². The van der Waals surface area contributed by atoms with Gasteiger partial charge in [0.2, 0.25) is 0 Å². The molecule has 2 aromatic carbocycles. The summed E-state index contributed by atoms with van der Waals surface area (Å²) in [5, 5.41) is 8.98. The molecule has 0 aromatic heterocycles. The first-order chi connectivity index (χ1) is 15.3. The molecule has 0 aliphatic carbocycles. The van der Waals surface area contributed by atoms with Crippen molar-refractivity contribution < 1.29 is 28.7 Å². The number of anilines is 1. The van der Waals surface area contributed by atoms with Crippen LogP contribution in [0.5, 0.6) is 5.75 Å². The highest BCUT2D eigenvalue weighted by molar-refractivity contribution is 7.96. The van der Waals surface area contributed by atoms with Crippen molar-refractivity contribution >= 4 is 41.5 Å². The van der Waals surface area contributed by atoms with Crippen LogP contribution in [0.15, 0.2) is 42.5 Å². The topological polar surface area (TPSA) is 111 Å². The average molecular weight is 471 g/mol. The van der Waals surface area contributed by atoms with Gasteiger partial charge in [-0.25, -0.2) is 14.4 Å². The van der Waals surface area contributed by atoms with Crippen LogP contribution in [0.3, 0.4) is 0 Å². The summed E-state index contributed by atoms with van der Waals surface area (Å²) in [6, 6.07) is 11.3. The molecule has 0 unspecified atom stereocenters. The molecule has 3 N–H and O–H groups in total. The third-order valence-corrected chi connectivity index (χ3v) is 5.10. The van der Waals surface area contributed by atoms with E-state index in [1.54, 1.807) is 63.2 Å². The standard InChI is InChI=1S/C24H27N3O5S/c1-23(2,3)31-22(30)26-18-13-14(32-33-24(4,5)6)11-12-17(18)19(25)27-20(28)15-9-7-8-10-16(15)21(27)29/h7-13,25H,1-6H3,(H,26,30)/p+1. The minimum Gasteiger partial charge on any atom is -0.444 e. The monoisotopic (exact) mass is 470 g/mol. The van der Waals surface area contributed by atoms with Gasteiger partial charge in [0, 0.05) is 10.8 Å². The van der Waals surface area contributed by atoms with Crippen molar-refractivity contribution in [2.45, 2.75) is 51.9 Å². The Kier molecular flexibility index (Phi) is 6.56. The maximum atomic E-state index is 12.9. The lowest BCUT2D eigenvalue weighted by molar-refractivity contribution is -0.122. The van der Waals surface area contributed by atoms with E-state index >= 15 is 0 Å². The number of ether oxygens (including phenoxy) is 1. The Morgan fingerprint density at radius 1 is 0.970 bits per heavy atom. The van der Waals surface area contributed by atoms with E-state index < -0.39 is 23.5 Å². The predicted octanol–water partition coefficient (Wildman–Crippen LogP) is 3.66. The van der Waals surface area contributed by atoms with Crippen LogP contribution in [0.25, 0.3) is 0 Å². The molecule has 1 heterocycles. The van der Waals surface area contributed by atoms with Gasteiger partial charge in [-0.3, -0.25) is 10.7 Å². The Labute approximate surface area is 197 Å². The molecule has 9 heteroatoms. The largest absolute Gasteiger partial charge is 0.444 e. The van der Waals surface area contributed by atoms with Gasteiger partial charge in [0.1, 0.15) is 11.4 Å². The van der Waals surface area contributed by atoms with Crippen molar-refractivity contribution in [3.05, 3.63) is 59.2 Å². The first kappa shape index (κ1) is 24.3. The summed E-state index contributed by atoms with van der Waals surface area (Å²) in [7, 11) is 0. The van der Waals surface area contributed by atoms with Gasteiger partial charge in [-0.2, -0.15) is 0 Å². The number of carbonyl (C=O) groups is 3. The second-order valence-corrected chi connectivity index (χ2v) is 11.0. The molecule has 0 atom stereocenters. The Balaban J connectivity index is 1.96. The Bertz CT molecular complexity index is 1100. The smallest absolute Gasteiger partial charge is 0.412 e. The summed E-state index contributed by atoms with van der Waals surface area (Å²) in [5.41, 5.74) is 0.342. The highest BCUT2D eigenvalue weighted by atomic mass is 32.2. The second-order valence-electron chi connectivity index (χ2n) is 9.49. The zero-order valence-corrected chi connectivity index (χ0v) is 20.3. The SMILES string of the molecule is CC(C)(C)OC(=O)Nc1cc(OSC(C)(C)C)ccc1C(=[NH2+])N1C(=O)c2ccccc2C1=O. The number of nitrogens with zero attached hydrogens (tertiary/aromatic N) is 1. The van der Waals surface area contributed by atoms with E-state index in [1.165, 1.54) is 12.0 Å². The quantitative estimate of drug-likeness (QED) is 0.305. The Morgan fingerprint density at radius 2 is 1.55 bits per heavy atom. The van der Waals surface area contributed by atoms with E-state index in [0.29, 0.717) is 5.75 Å². The lowest BCUT2D eigenvalue weighted by atomic mass is 10.1. The number of amidine groups is 1. The number of benzene rings is 2. The summed E-state index contributed by atoms with van der Waals surface area (Å²) < 4.78 is 11.0. The van der Waals surface area contributed by atoms with E-state index in [9.17, 15) is 14.4 Å². The van der Waals surface area contributed by atoms with Gasteiger partial charge in [0.15, 0.2) is 0 Å². The molecule has 0 saturated heterocycles. The van der Waals surface area contributed by atoms with Crippen LogP contribution < -0.4 is 14.9 Å². The van der Waals surface area contributed by atoms with Crippen LogP contribution in [0.1, 0.15) is 67.8 Å². The Morgan fingerprint density at radius 3 is 2.06 bits per heavy atom. The minimum atomic E-state index is -0.724. The fourth-order valence-electron chi connectivity index (χ4n) is 3.02. The maximum absolute atomic E-state index is 12.9. The molecule has 3 rings (SSSR count). The van der Waals surface area contributed by atoms with Gasteiger partial charge in [-0.1, -0.05) is 12.1 Å². The summed E-state index contributed by atoms with van der Waals surface area (Å²) in [6.07, 6.45) is -0.709. The van der Waals surface area contributed by atoms with E-state index in [2.05, 4.69) is 5.32 Å². The lowest BCUT2D eigenvalue weighted by Gasteiger charge is -2.21. The first-order valence-electron chi connectivity index (χ1n) is 10.4. The van der Waals surface area contributed by atoms with Gasteiger partial charge < -0.3 is 8.92 Å². The van der Waals surface area contributed by atoms with Gasteiger partial charge in [-0.15, -0.1) is 4.90 Å². The molecule has 0 spiro atoms. The number of fused-ring (bicyclic) bond motifs is 1. The fourth-order valence-corrected chi connectivity index (χ4v) is 3.47. The van der Waals surface area contributed by atoms with Gasteiger partial charge in [0.05, 0.1) is 34.4 Å².